The van der Waals surface area contributed by atoms with Gasteiger partial charge >= 0.3 is 6.03 Å². The Labute approximate surface area is 144 Å². The smallest absolute Gasteiger partial charge is 0.327 e. The Kier molecular flexibility index (Phi) is 3.76. The van der Waals surface area contributed by atoms with E-state index in [1.165, 1.54) is 6.07 Å². The Morgan fingerprint density at radius 1 is 1.20 bits per heavy atom. The molecule has 0 bridgehead atoms. The molecule has 128 valence electrons. The number of carbonyl (C=O) groups excluding carboxylic acids is 1. The van der Waals surface area contributed by atoms with Crippen molar-refractivity contribution in [3.8, 4) is 11.4 Å². The second-order valence-electron chi connectivity index (χ2n) is 6.03. The van der Waals surface area contributed by atoms with Crippen LogP contribution in [0.15, 0.2) is 48.7 Å². The van der Waals surface area contributed by atoms with Crippen LogP contribution in [0.5, 0.6) is 0 Å². The van der Waals surface area contributed by atoms with E-state index in [4.69, 9.17) is 0 Å². The highest BCUT2D eigenvalue weighted by molar-refractivity contribution is 6.01. The van der Waals surface area contributed by atoms with Crippen molar-refractivity contribution >= 4 is 17.5 Å². The lowest BCUT2D eigenvalue weighted by atomic mass is 10.2. The minimum absolute atomic E-state index is 0.173. The van der Waals surface area contributed by atoms with Gasteiger partial charge in [0.05, 0.1) is 11.4 Å². The van der Waals surface area contributed by atoms with Crippen LogP contribution in [0.3, 0.4) is 0 Å². The molecule has 0 aliphatic carbocycles. The molecule has 1 aliphatic heterocycles. The van der Waals surface area contributed by atoms with Crippen LogP contribution in [0.2, 0.25) is 0 Å². The van der Waals surface area contributed by atoms with Crippen LogP contribution >= 0.6 is 0 Å². The molecule has 3 aromatic rings. The number of hydrogen-bond donors (Lipinski definition) is 1. The Bertz CT molecular complexity index is 929. The first kappa shape index (κ1) is 15.4. The van der Waals surface area contributed by atoms with Gasteiger partial charge in [-0.1, -0.05) is 12.1 Å². The zero-order chi connectivity index (χ0) is 17.4. The molecule has 2 amide bonds. The molecule has 1 aliphatic rings. The number of aryl methyl sites for hydroxylation is 2. The molecule has 2 aromatic heterocycles. The van der Waals surface area contributed by atoms with E-state index in [9.17, 15) is 9.18 Å². The zero-order valence-electron chi connectivity index (χ0n) is 13.8. The molecular weight excluding hydrogens is 321 g/mol. The predicted octanol–water partition coefficient (Wildman–Crippen LogP) is 3.47. The number of nitrogens with zero attached hydrogens (tertiary/aromatic N) is 4. The van der Waals surface area contributed by atoms with Gasteiger partial charge in [0, 0.05) is 32.4 Å². The van der Waals surface area contributed by atoms with E-state index in [0.717, 1.165) is 30.2 Å². The van der Waals surface area contributed by atoms with Gasteiger partial charge in [-0.05, 0) is 30.7 Å². The van der Waals surface area contributed by atoms with Crippen molar-refractivity contribution in [1.29, 1.82) is 0 Å². The molecule has 0 radical (unpaired) electrons. The van der Waals surface area contributed by atoms with E-state index in [0.29, 0.717) is 6.54 Å². The molecule has 1 aromatic carbocycles. The van der Waals surface area contributed by atoms with Crippen molar-refractivity contribution < 1.29 is 9.18 Å². The monoisotopic (exact) mass is 339 g/mol. The second-order valence-corrected chi connectivity index (χ2v) is 6.03. The van der Waals surface area contributed by atoms with Crippen molar-refractivity contribution in [2.45, 2.75) is 13.0 Å². The van der Waals surface area contributed by atoms with Gasteiger partial charge in [-0.3, -0.25) is 4.90 Å². The van der Waals surface area contributed by atoms with E-state index < -0.39 is 5.82 Å². The van der Waals surface area contributed by atoms with Crippen LogP contribution in [0.25, 0.3) is 11.4 Å². The molecule has 25 heavy (non-hydrogen) atoms. The van der Waals surface area contributed by atoms with Gasteiger partial charge in [0.25, 0.3) is 0 Å². The summed E-state index contributed by atoms with van der Waals surface area (Å²) in [4.78, 5) is 14.3. The molecule has 0 spiro atoms. The van der Waals surface area contributed by atoms with Crippen LogP contribution in [-0.4, -0.2) is 26.9 Å². The van der Waals surface area contributed by atoms with Gasteiger partial charge in [0.1, 0.15) is 17.3 Å². The molecule has 0 atom stereocenters. The van der Waals surface area contributed by atoms with E-state index in [-0.39, 0.29) is 11.7 Å². The van der Waals surface area contributed by atoms with Gasteiger partial charge in [-0.15, -0.1) is 0 Å². The van der Waals surface area contributed by atoms with Crippen LogP contribution in [0.1, 0.15) is 6.42 Å². The van der Waals surface area contributed by atoms with Crippen LogP contribution < -0.4 is 10.2 Å². The van der Waals surface area contributed by atoms with E-state index in [1.807, 2.05) is 40.7 Å². The number of amides is 2. The summed E-state index contributed by atoms with van der Waals surface area (Å²) in [5.41, 5.74) is 1.97. The third-order valence-electron chi connectivity index (χ3n) is 4.35. The summed E-state index contributed by atoms with van der Waals surface area (Å²) in [7, 11) is 1.95. The second kappa shape index (κ2) is 6.08. The summed E-state index contributed by atoms with van der Waals surface area (Å²) in [5.74, 6) is 0.266. The van der Waals surface area contributed by atoms with Crippen LogP contribution in [0.4, 0.5) is 20.7 Å². The third kappa shape index (κ3) is 2.77. The van der Waals surface area contributed by atoms with Crippen molar-refractivity contribution in [1.82, 2.24) is 14.3 Å². The van der Waals surface area contributed by atoms with Crippen molar-refractivity contribution in [2.24, 2.45) is 7.05 Å². The molecule has 3 heterocycles. The van der Waals surface area contributed by atoms with Crippen LogP contribution in [-0.2, 0) is 13.6 Å². The third-order valence-corrected chi connectivity index (χ3v) is 4.35. The topological polar surface area (TPSA) is 55.1 Å². The quantitative estimate of drug-likeness (QED) is 0.777. The summed E-state index contributed by atoms with van der Waals surface area (Å²) in [6, 6.07) is 11.6. The lowest BCUT2D eigenvalue weighted by Crippen LogP contribution is -2.40. The summed E-state index contributed by atoms with van der Waals surface area (Å²) in [6.45, 7) is 1.32. The highest BCUT2D eigenvalue weighted by atomic mass is 19.1. The Morgan fingerprint density at radius 2 is 2.04 bits per heavy atom. The van der Waals surface area contributed by atoms with E-state index in [1.54, 1.807) is 23.1 Å². The zero-order valence-corrected chi connectivity index (χ0v) is 13.8. The Hall–Kier alpha value is -3.09. The number of carbonyl (C=O) groups is 1. The number of hydrogen-bond acceptors (Lipinski definition) is 2. The number of fused-ring (bicyclic) bond motifs is 1. The summed E-state index contributed by atoms with van der Waals surface area (Å²) in [6.07, 6.45) is 2.75. The number of para-hydroxylation sites is 1. The molecule has 0 saturated carbocycles. The number of anilines is 2. The minimum Gasteiger partial charge on any atom is -0.349 e. The SMILES string of the molecule is Cn1cccc1-c1cc2n(n1)CCCN2C(=O)Nc1ccccc1F. The lowest BCUT2D eigenvalue weighted by molar-refractivity contribution is 0.255. The van der Waals surface area contributed by atoms with E-state index in [2.05, 4.69) is 10.4 Å². The molecule has 4 rings (SSSR count). The average molecular weight is 339 g/mol. The first-order valence-electron chi connectivity index (χ1n) is 8.16. The van der Waals surface area contributed by atoms with Gasteiger partial charge in [-0.2, -0.15) is 5.10 Å². The summed E-state index contributed by atoms with van der Waals surface area (Å²) < 4.78 is 17.6. The maximum Gasteiger partial charge on any atom is 0.327 e. The fourth-order valence-electron chi connectivity index (χ4n) is 3.09. The normalized spacial score (nSPS) is 13.6. The van der Waals surface area contributed by atoms with Crippen molar-refractivity contribution in [3.05, 3.63) is 54.5 Å². The van der Waals surface area contributed by atoms with E-state index >= 15 is 0 Å². The van der Waals surface area contributed by atoms with Crippen molar-refractivity contribution in [3.63, 3.8) is 0 Å². The Morgan fingerprint density at radius 3 is 2.80 bits per heavy atom. The summed E-state index contributed by atoms with van der Waals surface area (Å²) in [5, 5.41) is 7.25. The number of rotatable bonds is 2. The molecular formula is C18H18FN5O. The number of benzene rings is 1. The minimum atomic E-state index is -0.453. The largest absolute Gasteiger partial charge is 0.349 e. The first-order valence-corrected chi connectivity index (χ1v) is 8.16. The summed E-state index contributed by atoms with van der Waals surface area (Å²) >= 11 is 0. The standard InChI is InChI=1S/C18H18FN5O/c1-22-9-4-8-16(22)15-12-17-23(10-5-11-24(17)21-15)18(25)20-14-7-3-2-6-13(14)19/h2-4,6-9,12H,5,10-11H2,1H3,(H,20,25). The average Bonchev–Trinajstić information content (AvgIpc) is 3.22. The molecule has 0 fully saturated rings. The fraction of sp³-hybridized carbons (Fsp3) is 0.222. The maximum absolute atomic E-state index is 13.8. The number of halogens is 1. The van der Waals surface area contributed by atoms with Gasteiger partial charge in [0.15, 0.2) is 0 Å². The number of aromatic nitrogens is 3. The van der Waals surface area contributed by atoms with Gasteiger partial charge < -0.3 is 9.88 Å². The highest BCUT2D eigenvalue weighted by Crippen LogP contribution is 2.28. The van der Waals surface area contributed by atoms with Gasteiger partial charge in [0.2, 0.25) is 0 Å². The Balaban J connectivity index is 1.63. The highest BCUT2D eigenvalue weighted by Gasteiger charge is 2.26. The number of nitrogens with one attached hydrogen (secondary N) is 1. The van der Waals surface area contributed by atoms with Gasteiger partial charge in [-0.25, -0.2) is 13.9 Å². The molecule has 0 unspecified atom stereocenters. The molecule has 7 heteroatoms. The first-order chi connectivity index (χ1) is 12.1. The maximum atomic E-state index is 13.8. The van der Waals surface area contributed by atoms with Crippen LogP contribution in [0, 0.1) is 5.82 Å². The molecule has 1 N–H and O–H groups in total. The lowest BCUT2D eigenvalue weighted by Gasteiger charge is -2.27. The molecule has 0 saturated heterocycles. The number of urea groups is 1. The predicted molar refractivity (Wildman–Crippen MR) is 94.0 cm³/mol. The fourth-order valence-corrected chi connectivity index (χ4v) is 3.09. The van der Waals surface area contributed by atoms with Crippen molar-refractivity contribution in [2.75, 3.05) is 16.8 Å². The molecule has 6 nitrogen and oxygen atoms in total.